The summed E-state index contributed by atoms with van der Waals surface area (Å²) in [6.45, 7) is 29.0. The van der Waals surface area contributed by atoms with Crippen molar-refractivity contribution in [2.75, 3.05) is 6.61 Å². The number of unbranched alkanes of at least 4 members (excludes halogenated alkanes) is 1. The number of hydrogen-bond donors (Lipinski definition) is 0. The molecule has 0 radical (unpaired) electrons. The summed E-state index contributed by atoms with van der Waals surface area (Å²) in [6.07, 6.45) is 2.32. The third kappa shape index (κ3) is 12.9. The van der Waals surface area contributed by atoms with Crippen molar-refractivity contribution < 1.29 is 60.3 Å². The molecule has 77 heavy (non-hydrogen) atoms. The number of halogens is 1. The molecule has 13 nitrogen and oxygen atoms in total. The number of Topliss-reactive ketones (excluding diaryl/α,β-unsaturated/α-hetero) is 1. The summed E-state index contributed by atoms with van der Waals surface area (Å²) < 4.78 is 93.0. The molecule has 8 saturated heterocycles. The zero-order valence-corrected chi connectivity index (χ0v) is 50.5. The second-order valence-electron chi connectivity index (χ2n) is 25.4. The summed E-state index contributed by atoms with van der Waals surface area (Å²) in [7, 11) is -6.34. The molecule has 426 valence electrons. The molecule has 0 aliphatic carbocycles. The lowest BCUT2D eigenvalue weighted by atomic mass is 9.78. The lowest BCUT2D eigenvalue weighted by molar-refractivity contribution is -0.292. The van der Waals surface area contributed by atoms with Gasteiger partial charge in [0, 0.05) is 44.6 Å². The summed E-state index contributed by atoms with van der Waals surface area (Å²) in [6, 6.07) is 17.3. The fourth-order valence-corrected chi connectivity index (χ4v) is 16.8. The predicted octanol–water partition coefficient (Wildman–Crippen LogP) is 12.1. The minimum absolute atomic E-state index is 0.0475. The number of fused-ring (bicyclic) bond motifs is 1. The summed E-state index contributed by atoms with van der Waals surface area (Å²) in [5.41, 5.74) is 1.45. The molecule has 0 aromatic heterocycles. The molecule has 2 aromatic carbocycles. The number of hydrogen-bond acceptors (Lipinski definition) is 13. The van der Waals surface area contributed by atoms with Crippen LogP contribution in [0.5, 0.6) is 0 Å². The fourth-order valence-electron chi connectivity index (χ4n) is 13.2. The smallest absolute Gasteiger partial charge is 0.338 e. The van der Waals surface area contributed by atoms with Gasteiger partial charge < -0.3 is 42.3 Å². The first kappa shape index (κ1) is 59.0. The third-order valence-corrected chi connectivity index (χ3v) is 25.6. The van der Waals surface area contributed by atoms with Gasteiger partial charge in [-0.15, -0.1) is 0 Å². The van der Waals surface area contributed by atoms with Crippen LogP contribution in [-0.4, -0.2) is 125 Å². The van der Waals surface area contributed by atoms with Gasteiger partial charge >= 0.3 is 5.97 Å². The number of benzene rings is 2. The molecule has 0 N–H and O–H groups in total. The predicted molar refractivity (Wildman–Crippen MR) is 301 cm³/mol. The van der Waals surface area contributed by atoms with Gasteiger partial charge in [0.1, 0.15) is 41.9 Å². The monoisotopic (exact) mass is 1170 g/mol. The summed E-state index contributed by atoms with van der Waals surface area (Å²) in [5, 5.41) is -1.38. The summed E-state index contributed by atoms with van der Waals surface area (Å²) in [5.74, 6) is -2.54. The van der Waals surface area contributed by atoms with Crippen molar-refractivity contribution in [3.8, 4) is 0 Å². The molecular formula is C61H87BrO13SSi. The van der Waals surface area contributed by atoms with Gasteiger partial charge in [0.05, 0.1) is 53.2 Å². The Balaban J connectivity index is 0.968. The molecule has 2 unspecified atom stereocenters. The minimum atomic E-state index is -4.28. The standard InChI is InChI=1S/C61H87BrO13SSi/c1-12-13-22-42-30-37(3)39(5)49(68-42)33-50-52(40(6)48(71-50)29-36(2)35-67-77(10,11)60(7,8)9)58(76(65,66)45-23-18-15-19-24-45)46(63)32-43-25-26-47-53(69-43)57-56-55(72-47)54-51(73-56)34-61(74-54,75-57)28-27-44(31-38(4)62)70-59(64)41-20-16-14-17-21-41/h14-21,23-24,36-37,40,42-44,47-58H,4-5,12-13,22,25-35H2,1-3,6-11H3/t36-,37+,40-,42-,43+,44+,47-,48+,49?,50-,51+,52+,53-,54-,55-,56+,57-,58?,61-/m0/s1. The normalized spacial score (nSPS) is 36.0. The Bertz CT molecular complexity index is 2510. The zero-order chi connectivity index (χ0) is 55.2. The minimum Gasteiger partial charge on any atom is -0.458 e. The maximum absolute atomic E-state index is 15.7. The highest BCUT2D eigenvalue weighted by Gasteiger charge is 2.69. The quantitative estimate of drug-likeness (QED) is 0.0590. The highest BCUT2D eigenvalue weighted by atomic mass is 79.9. The molecule has 0 amide bonds. The number of carbonyl (C=O) groups is 2. The maximum Gasteiger partial charge on any atom is 0.338 e. The van der Waals surface area contributed by atoms with Crippen LogP contribution in [0.15, 0.2) is 88.8 Å². The highest BCUT2D eigenvalue weighted by molar-refractivity contribution is 9.11. The molecule has 10 rings (SSSR count). The molecule has 19 atom stereocenters. The first-order chi connectivity index (χ1) is 36.5. The van der Waals surface area contributed by atoms with Crippen LogP contribution in [0.25, 0.3) is 0 Å². The number of ether oxygens (including phenoxy) is 8. The Morgan fingerprint density at radius 1 is 0.870 bits per heavy atom. The zero-order valence-electron chi connectivity index (χ0n) is 47.1. The van der Waals surface area contributed by atoms with Gasteiger partial charge in [-0.1, -0.05) is 127 Å². The first-order valence-electron chi connectivity index (χ1n) is 28.8. The van der Waals surface area contributed by atoms with Gasteiger partial charge in [0.25, 0.3) is 0 Å². The number of sulfone groups is 1. The van der Waals surface area contributed by atoms with Crippen molar-refractivity contribution in [2.45, 2.75) is 245 Å². The van der Waals surface area contributed by atoms with Crippen molar-refractivity contribution in [2.24, 2.45) is 23.7 Å². The molecule has 8 aliphatic heterocycles. The van der Waals surface area contributed by atoms with Gasteiger partial charge in [-0.25, -0.2) is 13.2 Å². The molecule has 8 heterocycles. The van der Waals surface area contributed by atoms with Gasteiger partial charge in [0.15, 0.2) is 29.7 Å². The van der Waals surface area contributed by atoms with Crippen molar-refractivity contribution in [3.05, 3.63) is 89.4 Å². The Morgan fingerprint density at radius 2 is 1.55 bits per heavy atom. The molecule has 8 aliphatic rings. The third-order valence-electron chi connectivity index (χ3n) is 18.6. The van der Waals surface area contributed by atoms with Crippen molar-refractivity contribution >= 4 is 45.8 Å². The van der Waals surface area contributed by atoms with E-state index in [9.17, 15) is 4.79 Å². The van der Waals surface area contributed by atoms with Gasteiger partial charge in [0.2, 0.25) is 0 Å². The summed E-state index contributed by atoms with van der Waals surface area (Å²) >= 11 is 3.49. The number of ketones is 1. The van der Waals surface area contributed by atoms with E-state index in [1.165, 1.54) is 0 Å². The van der Waals surface area contributed by atoms with E-state index in [2.05, 4.69) is 90.6 Å². The lowest BCUT2D eigenvalue weighted by Crippen LogP contribution is -2.62. The second kappa shape index (κ2) is 24.1. The van der Waals surface area contributed by atoms with E-state index in [0.29, 0.717) is 68.0 Å². The molecule has 0 saturated carbocycles. The van der Waals surface area contributed by atoms with E-state index in [-0.39, 0.29) is 76.8 Å². The molecule has 16 heteroatoms. The average Bonchev–Trinajstić information content (AvgIpc) is 3.99. The van der Waals surface area contributed by atoms with Crippen LogP contribution in [-0.2, 0) is 57.0 Å². The van der Waals surface area contributed by atoms with Crippen LogP contribution in [0.4, 0.5) is 0 Å². The Kier molecular flexibility index (Phi) is 18.5. The molecule has 2 aromatic rings. The summed E-state index contributed by atoms with van der Waals surface area (Å²) in [4.78, 5) is 29.0. The van der Waals surface area contributed by atoms with E-state index in [1.807, 2.05) is 6.07 Å². The van der Waals surface area contributed by atoms with Crippen molar-refractivity contribution in [1.82, 2.24) is 0 Å². The Labute approximate surface area is 468 Å². The fraction of sp³-hybridized carbons (Fsp3) is 0.705. The van der Waals surface area contributed by atoms with E-state index >= 15 is 13.2 Å². The van der Waals surface area contributed by atoms with Crippen LogP contribution in [0.3, 0.4) is 0 Å². The number of carbonyl (C=O) groups excluding carboxylic acids is 2. The van der Waals surface area contributed by atoms with Gasteiger partial charge in [-0.05, 0) is 109 Å². The number of rotatable bonds is 23. The van der Waals surface area contributed by atoms with Crippen LogP contribution < -0.4 is 0 Å². The topological polar surface area (TPSA) is 151 Å². The van der Waals surface area contributed by atoms with Crippen molar-refractivity contribution in [1.29, 1.82) is 0 Å². The largest absolute Gasteiger partial charge is 0.458 e. The maximum atomic E-state index is 15.7. The molecule has 6 bridgehead atoms. The van der Waals surface area contributed by atoms with Crippen LogP contribution in [0.2, 0.25) is 18.1 Å². The van der Waals surface area contributed by atoms with Crippen LogP contribution in [0.1, 0.15) is 142 Å². The second-order valence-corrected chi connectivity index (χ2v) is 33.4. The van der Waals surface area contributed by atoms with Crippen LogP contribution in [0, 0.1) is 23.7 Å². The Morgan fingerprint density at radius 3 is 2.23 bits per heavy atom. The molecular weight excluding hydrogens is 1080 g/mol. The molecule has 8 fully saturated rings. The van der Waals surface area contributed by atoms with Gasteiger partial charge in [-0.2, -0.15) is 0 Å². The van der Waals surface area contributed by atoms with E-state index in [1.54, 1.807) is 54.6 Å². The SMILES string of the molecule is C=C(Br)C[C@@H](CC[C@@]12C[C@H]3O[C@H]4[C@@H](O1)[C@H]1O[C@@H](CC(=O)C([C@@H]5[C@@H](C)[C@@H](C[C@H](C)CO[Si](C)(C)C(C)(C)C)O[C@H]5CC5O[C@@H](CCCC)C[C@@H](C)C5=C)S(=O)(=O)c5ccccc5)CC[C@@H]1O[C@H]4[C@H]3O2)OC(=O)c1ccccc1. The van der Waals surface area contributed by atoms with Gasteiger partial charge in [-0.3, -0.25) is 4.79 Å². The van der Waals surface area contributed by atoms with E-state index < -0.39 is 83.5 Å². The number of esters is 1. The Hall–Kier alpha value is -2.61. The average molecular weight is 1170 g/mol. The lowest BCUT2D eigenvalue weighted by Gasteiger charge is -2.47. The van der Waals surface area contributed by atoms with Crippen molar-refractivity contribution in [3.63, 3.8) is 0 Å². The first-order valence-corrected chi connectivity index (χ1v) is 34.1. The molecule has 0 spiro atoms. The van der Waals surface area contributed by atoms with E-state index in [4.69, 9.17) is 42.3 Å². The van der Waals surface area contributed by atoms with E-state index in [0.717, 1.165) is 31.3 Å². The van der Waals surface area contributed by atoms with Crippen LogP contribution >= 0.6 is 15.9 Å². The highest BCUT2D eigenvalue weighted by Crippen LogP contribution is 2.55.